The number of halogens is 1. The molecule has 2 rings (SSSR count). The Bertz CT molecular complexity index is 549. The van der Waals surface area contributed by atoms with Crippen molar-refractivity contribution in [2.75, 3.05) is 19.5 Å². The molecule has 19 heavy (non-hydrogen) atoms. The van der Waals surface area contributed by atoms with Crippen LogP contribution in [0.2, 0.25) is 5.28 Å². The average molecular weight is 282 g/mol. The molecule has 2 aromatic rings. The average Bonchev–Trinajstić information content (AvgIpc) is 2.45. The van der Waals surface area contributed by atoms with Gasteiger partial charge in [0.2, 0.25) is 17.1 Å². The van der Waals surface area contributed by atoms with E-state index in [1.54, 1.807) is 19.4 Å². The van der Waals surface area contributed by atoms with Gasteiger partial charge in [-0.25, -0.2) is 4.98 Å². The number of nitrogens with zero attached hydrogens (tertiary/aromatic N) is 4. The molecule has 0 bridgehead atoms. The molecule has 0 saturated carbocycles. The predicted octanol–water partition coefficient (Wildman–Crippen LogP) is 1.55. The molecule has 0 aliphatic rings. The van der Waals surface area contributed by atoms with Crippen molar-refractivity contribution < 1.29 is 9.47 Å². The number of nitrogens with one attached hydrogen (secondary N) is 1. The molecule has 2 heterocycles. The van der Waals surface area contributed by atoms with E-state index in [0.29, 0.717) is 18.4 Å². The molecule has 8 heteroatoms. The number of rotatable bonds is 5. The lowest BCUT2D eigenvalue weighted by atomic mass is 10.3. The summed E-state index contributed by atoms with van der Waals surface area (Å²) in [7, 11) is 3.03. The van der Waals surface area contributed by atoms with E-state index in [0.717, 1.165) is 5.56 Å². The van der Waals surface area contributed by atoms with Crippen LogP contribution in [0.15, 0.2) is 18.3 Å². The highest BCUT2D eigenvalue weighted by molar-refractivity contribution is 6.28. The number of aromatic nitrogens is 4. The summed E-state index contributed by atoms with van der Waals surface area (Å²) < 4.78 is 9.88. The second kappa shape index (κ2) is 6.14. The molecular weight excluding hydrogens is 270 g/mol. The van der Waals surface area contributed by atoms with Crippen molar-refractivity contribution >= 4 is 17.5 Å². The highest BCUT2D eigenvalue weighted by Crippen LogP contribution is 2.12. The second-order valence-electron chi connectivity index (χ2n) is 3.48. The summed E-state index contributed by atoms with van der Waals surface area (Å²) in [5, 5.41) is 3.08. The van der Waals surface area contributed by atoms with Gasteiger partial charge in [0, 0.05) is 18.8 Å². The van der Waals surface area contributed by atoms with E-state index in [4.69, 9.17) is 21.1 Å². The molecule has 0 aliphatic carbocycles. The molecule has 2 aromatic heterocycles. The number of anilines is 1. The number of hydrogen-bond donors (Lipinski definition) is 1. The molecule has 1 N–H and O–H groups in total. The van der Waals surface area contributed by atoms with Gasteiger partial charge in [0.25, 0.3) is 0 Å². The Balaban J connectivity index is 2.03. The molecule has 0 amide bonds. The number of ether oxygens (including phenoxy) is 2. The summed E-state index contributed by atoms with van der Waals surface area (Å²) in [5.41, 5.74) is 0.955. The first kappa shape index (κ1) is 13.3. The Kier molecular flexibility index (Phi) is 4.30. The van der Waals surface area contributed by atoms with Crippen LogP contribution in [0.5, 0.6) is 11.9 Å². The highest BCUT2D eigenvalue weighted by atomic mass is 35.5. The third-order valence-electron chi connectivity index (χ3n) is 2.23. The molecule has 0 saturated heterocycles. The minimum absolute atomic E-state index is 0.0715. The smallest absolute Gasteiger partial charge is 0.322 e. The molecule has 100 valence electrons. The van der Waals surface area contributed by atoms with Crippen molar-refractivity contribution in [3.8, 4) is 11.9 Å². The normalized spacial score (nSPS) is 10.1. The SMILES string of the molecule is COc1ccc(CNc2nc(Cl)nc(OC)n2)cn1. The zero-order valence-corrected chi connectivity index (χ0v) is 11.2. The van der Waals surface area contributed by atoms with Crippen LogP contribution in [0, 0.1) is 0 Å². The van der Waals surface area contributed by atoms with Crippen LogP contribution in [0.1, 0.15) is 5.56 Å². The molecular formula is C11H12ClN5O2. The fraction of sp³-hybridized carbons (Fsp3) is 0.273. The molecule has 0 atom stereocenters. The summed E-state index contributed by atoms with van der Waals surface area (Å²) in [4.78, 5) is 15.8. The van der Waals surface area contributed by atoms with Gasteiger partial charge in [0.15, 0.2) is 0 Å². The van der Waals surface area contributed by atoms with E-state index >= 15 is 0 Å². The van der Waals surface area contributed by atoms with Crippen molar-refractivity contribution in [3.05, 3.63) is 29.2 Å². The van der Waals surface area contributed by atoms with Crippen LogP contribution in [-0.4, -0.2) is 34.2 Å². The second-order valence-corrected chi connectivity index (χ2v) is 3.82. The lowest BCUT2D eigenvalue weighted by Crippen LogP contribution is -2.06. The van der Waals surface area contributed by atoms with Crippen LogP contribution < -0.4 is 14.8 Å². The van der Waals surface area contributed by atoms with Gasteiger partial charge in [-0.15, -0.1) is 0 Å². The van der Waals surface area contributed by atoms with Gasteiger partial charge in [-0.05, 0) is 17.2 Å². The fourth-order valence-corrected chi connectivity index (χ4v) is 1.47. The van der Waals surface area contributed by atoms with Gasteiger partial charge in [-0.2, -0.15) is 15.0 Å². The summed E-state index contributed by atoms with van der Waals surface area (Å²) >= 11 is 5.74. The van der Waals surface area contributed by atoms with Crippen LogP contribution in [0.4, 0.5) is 5.95 Å². The Morgan fingerprint density at radius 3 is 2.63 bits per heavy atom. The third-order valence-corrected chi connectivity index (χ3v) is 2.40. The monoisotopic (exact) mass is 281 g/mol. The van der Waals surface area contributed by atoms with E-state index in [1.165, 1.54) is 7.11 Å². The quantitative estimate of drug-likeness (QED) is 0.890. The first-order valence-corrected chi connectivity index (χ1v) is 5.77. The Morgan fingerprint density at radius 1 is 1.16 bits per heavy atom. The molecule has 0 radical (unpaired) electrons. The lowest BCUT2D eigenvalue weighted by Gasteiger charge is -2.06. The molecule has 0 aliphatic heterocycles. The molecule has 0 unspecified atom stereocenters. The summed E-state index contributed by atoms with van der Waals surface area (Å²) in [6, 6.07) is 3.83. The molecule has 0 spiro atoms. The standard InChI is InChI=1S/C11H12ClN5O2/c1-18-8-4-3-7(5-13-8)6-14-10-15-9(12)16-11(17-10)19-2/h3-5H,6H2,1-2H3,(H,14,15,16,17). The maximum atomic E-state index is 5.74. The van der Waals surface area contributed by atoms with E-state index in [9.17, 15) is 0 Å². The fourth-order valence-electron chi connectivity index (χ4n) is 1.32. The minimum Gasteiger partial charge on any atom is -0.481 e. The molecule has 0 fully saturated rings. The number of methoxy groups -OCH3 is 2. The minimum atomic E-state index is 0.0715. The Morgan fingerprint density at radius 2 is 2.00 bits per heavy atom. The van der Waals surface area contributed by atoms with Crippen molar-refractivity contribution in [1.29, 1.82) is 0 Å². The number of hydrogen-bond acceptors (Lipinski definition) is 7. The van der Waals surface area contributed by atoms with Crippen molar-refractivity contribution in [3.63, 3.8) is 0 Å². The maximum Gasteiger partial charge on any atom is 0.322 e. The van der Waals surface area contributed by atoms with Crippen LogP contribution in [0.25, 0.3) is 0 Å². The van der Waals surface area contributed by atoms with Gasteiger partial charge in [0.05, 0.1) is 14.2 Å². The predicted molar refractivity (Wildman–Crippen MR) is 69.5 cm³/mol. The van der Waals surface area contributed by atoms with E-state index in [1.807, 2.05) is 6.07 Å². The van der Waals surface area contributed by atoms with Crippen LogP contribution in [-0.2, 0) is 6.54 Å². The van der Waals surface area contributed by atoms with E-state index in [2.05, 4.69) is 25.3 Å². The largest absolute Gasteiger partial charge is 0.481 e. The zero-order chi connectivity index (χ0) is 13.7. The molecule has 7 nitrogen and oxygen atoms in total. The van der Waals surface area contributed by atoms with E-state index in [-0.39, 0.29) is 11.3 Å². The summed E-state index contributed by atoms with van der Waals surface area (Å²) in [6.07, 6.45) is 1.70. The van der Waals surface area contributed by atoms with Crippen molar-refractivity contribution in [2.24, 2.45) is 0 Å². The van der Waals surface area contributed by atoms with Gasteiger partial charge in [-0.1, -0.05) is 6.07 Å². The van der Waals surface area contributed by atoms with Gasteiger partial charge >= 0.3 is 6.01 Å². The lowest BCUT2D eigenvalue weighted by molar-refractivity contribution is 0.379. The highest BCUT2D eigenvalue weighted by Gasteiger charge is 2.05. The van der Waals surface area contributed by atoms with Crippen molar-refractivity contribution in [1.82, 2.24) is 19.9 Å². The van der Waals surface area contributed by atoms with Crippen molar-refractivity contribution in [2.45, 2.75) is 6.54 Å². The van der Waals surface area contributed by atoms with Crippen LogP contribution >= 0.6 is 11.6 Å². The number of pyridine rings is 1. The zero-order valence-electron chi connectivity index (χ0n) is 10.4. The first-order chi connectivity index (χ1) is 9.21. The van der Waals surface area contributed by atoms with Crippen LogP contribution in [0.3, 0.4) is 0 Å². The van der Waals surface area contributed by atoms with Gasteiger partial charge < -0.3 is 14.8 Å². The Labute approximate surface area is 115 Å². The Hall–Kier alpha value is -2.15. The molecule has 0 aromatic carbocycles. The topological polar surface area (TPSA) is 82.0 Å². The van der Waals surface area contributed by atoms with E-state index < -0.39 is 0 Å². The van der Waals surface area contributed by atoms with Gasteiger partial charge in [0.1, 0.15) is 0 Å². The van der Waals surface area contributed by atoms with Gasteiger partial charge in [-0.3, -0.25) is 0 Å². The maximum absolute atomic E-state index is 5.74. The summed E-state index contributed by atoms with van der Waals surface area (Å²) in [6.45, 7) is 0.500. The first-order valence-electron chi connectivity index (χ1n) is 5.39. The summed E-state index contributed by atoms with van der Waals surface area (Å²) in [5.74, 6) is 0.904. The third kappa shape index (κ3) is 3.65.